The molecule has 0 aliphatic carbocycles. The second kappa shape index (κ2) is 5.91. The van der Waals surface area contributed by atoms with E-state index in [2.05, 4.69) is 0 Å². The number of carbonyl (C=O) groups is 1. The van der Waals surface area contributed by atoms with Crippen LogP contribution >= 0.6 is 34.8 Å². The molecule has 0 spiro atoms. The van der Waals surface area contributed by atoms with Gasteiger partial charge in [-0.3, -0.25) is 4.79 Å². The van der Waals surface area contributed by atoms with Gasteiger partial charge in [-0.1, -0.05) is 46.9 Å². The van der Waals surface area contributed by atoms with Gasteiger partial charge in [-0.2, -0.15) is 0 Å². The number of rotatable bonds is 3. The van der Waals surface area contributed by atoms with Crippen molar-refractivity contribution in [3.63, 3.8) is 0 Å². The molecule has 19 heavy (non-hydrogen) atoms. The number of benzene rings is 2. The summed E-state index contributed by atoms with van der Waals surface area (Å²) in [5.41, 5.74) is 0.550. The lowest BCUT2D eigenvalue weighted by Gasteiger charge is -2.06. The lowest BCUT2D eigenvalue weighted by atomic mass is 10.0. The summed E-state index contributed by atoms with van der Waals surface area (Å²) < 4.78 is 13.7. The summed E-state index contributed by atoms with van der Waals surface area (Å²) in [5.74, 6) is -1.09. The highest BCUT2D eigenvalue weighted by Crippen LogP contribution is 2.24. The maximum absolute atomic E-state index is 13.7. The SMILES string of the molecule is O=C(Cc1ccc(Cl)cc1Cl)c1cccc(Cl)c1F. The van der Waals surface area contributed by atoms with E-state index in [9.17, 15) is 9.18 Å². The van der Waals surface area contributed by atoms with Crippen molar-refractivity contribution in [3.8, 4) is 0 Å². The van der Waals surface area contributed by atoms with Gasteiger partial charge in [-0.15, -0.1) is 0 Å². The minimum absolute atomic E-state index is 0.00668. The Labute approximate surface area is 124 Å². The maximum Gasteiger partial charge on any atom is 0.170 e. The third-order valence-electron chi connectivity index (χ3n) is 2.62. The Morgan fingerprint density at radius 2 is 1.79 bits per heavy atom. The van der Waals surface area contributed by atoms with E-state index >= 15 is 0 Å². The molecule has 0 amide bonds. The highest BCUT2D eigenvalue weighted by molar-refractivity contribution is 6.35. The van der Waals surface area contributed by atoms with Crippen molar-refractivity contribution in [1.82, 2.24) is 0 Å². The first-order valence-electron chi connectivity index (χ1n) is 5.40. The molecule has 0 saturated carbocycles. The van der Waals surface area contributed by atoms with Crippen LogP contribution in [-0.2, 0) is 6.42 Å². The van der Waals surface area contributed by atoms with Crippen LogP contribution in [0, 0.1) is 5.82 Å². The first kappa shape index (κ1) is 14.3. The Bertz CT molecular complexity index is 641. The topological polar surface area (TPSA) is 17.1 Å². The third kappa shape index (κ3) is 3.27. The lowest BCUT2D eigenvalue weighted by molar-refractivity contribution is 0.0989. The van der Waals surface area contributed by atoms with Crippen LogP contribution in [0.4, 0.5) is 4.39 Å². The second-order valence-electron chi connectivity index (χ2n) is 3.94. The van der Waals surface area contributed by atoms with Crippen molar-refractivity contribution in [1.29, 1.82) is 0 Å². The summed E-state index contributed by atoms with van der Waals surface area (Å²) in [7, 11) is 0. The molecule has 2 aromatic rings. The Kier molecular flexibility index (Phi) is 4.46. The van der Waals surface area contributed by atoms with Gasteiger partial charge in [0.15, 0.2) is 11.6 Å². The predicted octanol–water partition coefficient (Wildman–Crippen LogP) is 5.21. The van der Waals surface area contributed by atoms with Crippen molar-refractivity contribution >= 4 is 40.6 Å². The van der Waals surface area contributed by atoms with Gasteiger partial charge in [0.05, 0.1) is 10.6 Å². The van der Waals surface area contributed by atoms with Gasteiger partial charge in [-0.05, 0) is 29.8 Å². The van der Waals surface area contributed by atoms with E-state index in [1.807, 2.05) is 0 Å². The minimum Gasteiger partial charge on any atom is -0.294 e. The van der Waals surface area contributed by atoms with Crippen LogP contribution in [0.25, 0.3) is 0 Å². The molecule has 0 unspecified atom stereocenters. The van der Waals surface area contributed by atoms with Crippen LogP contribution in [-0.4, -0.2) is 5.78 Å². The molecule has 0 aliphatic rings. The number of halogens is 4. The summed E-state index contributed by atoms with van der Waals surface area (Å²) in [6.45, 7) is 0. The van der Waals surface area contributed by atoms with Gasteiger partial charge in [0, 0.05) is 16.5 Å². The summed E-state index contributed by atoms with van der Waals surface area (Å²) in [6.07, 6.45) is -0.00668. The zero-order valence-electron chi connectivity index (χ0n) is 9.59. The molecule has 2 rings (SSSR count). The second-order valence-corrected chi connectivity index (χ2v) is 5.19. The number of hydrogen-bond donors (Lipinski definition) is 0. The molecule has 98 valence electrons. The van der Waals surface area contributed by atoms with E-state index in [0.29, 0.717) is 15.6 Å². The predicted molar refractivity (Wildman–Crippen MR) is 75.9 cm³/mol. The summed E-state index contributed by atoms with van der Waals surface area (Å²) in [5, 5.41) is 0.784. The summed E-state index contributed by atoms with van der Waals surface area (Å²) in [6, 6.07) is 9.13. The molecule has 0 aromatic heterocycles. The molecule has 0 radical (unpaired) electrons. The number of Topliss-reactive ketones (excluding diaryl/α,β-unsaturated/α-hetero) is 1. The zero-order chi connectivity index (χ0) is 14.0. The number of ketones is 1. The van der Waals surface area contributed by atoms with E-state index in [-0.39, 0.29) is 22.8 Å². The Morgan fingerprint density at radius 3 is 2.47 bits per heavy atom. The maximum atomic E-state index is 13.7. The fraction of sp³-hybridized carbons (Fsp3) is 0.0714. The van der Waals surface area contributed by atoms with Crippen LogP contribution in [0.1, 0.15) is 15.9 Å². The van der Waals surface area contributed by atoms with Crippen molar-refractivity contribution in [2.75, 3.05) is 0 Å². The van der Waals surface area contributed by atoms with Gasteiger partial charge in [-0.25, -0.2) is 4.39 Å². The summed E-state index contributed by atoms with van der Waals surface area (Å²) in [4.78, 5) is 12.0. The van der Waals surface area contributed by atoms with Crippen LogP contribution in [0.3, 0.4) is 0 Å². The van der Waals surface area contributed by atoms with Crippen molar-refractivity contribution in [2.24, 2.45) is 0 Å². The Hall–Kier alpha value is -1.09. The standard InChI is InChI=1S/C14H8Cl3FO/c15-9-5-4-8(12(17)7-9)6-13(19)10-2-1-3-11(16)14(10)18/h1-5,7H,6H2. The Balaban J connectivity index is 2.28. The minimum atomic E-state index is -0.709. The van der Waals surface area contributed by atoms with Gasteiger partial charge in [0.1, 0.15) is 0 Å². The fourth-order valence-corrected chi connectivity index (χ4v) is 2.30. The number of hydrogen-bond acceptors (Lipinski definition) is 1. The molecular formula is C14H8Cl3FO. The highest BCUT2D eigenvalue weighted by Gasteiger charge is 2.15. The lowest BCUT2D eigenvalue weighted by Crippen LogP contribution is -2.06. The first-order valence-corrected chi connectivity index (χ1v) is 6.53. The smallest absolute Gasteiger partial charge is 0.170 e. The molecular weight excluding hydrogens is 310 g/mol. The van der Waals surface area contributed by atoms with Crippen LogP contribution in [0.2, 0.25) is 15.1 Å². The molecule has 0 fully saturated rings. The van der Waals surface area contributed by atoms with E-state index in [1.165, 1.54) is 18.2 Å². The normalized spacial score (nSPS) is 10.5. The molecule has 0 atom stereocenters. The summed E-state index contributed by atoms with van der Waals surface area (Å²) >= 11 is 17.4. The molecule has 0 aliphatic heterocycles. The van der Waals surface area contributed by atoms with Crippen molar-refractivity contribution < 1.29 is 9.18 Å². The van der Waals surface area contributed by atoms with Gasteiger partial charge >= 0.3 is 0 Å². The van der Waals surface area contributed by atoms with Gasteiger partial charge in [0.2, 0.25) is 0 Å². The zero-order valence-corrected chi connectivity index (χ0v) is 11.9. The monoisotopic (exact) mass is 316 g/mol. The molecule has 1 nitrogen and oxygen atoms in total. The Morgan fingerprint density at radius 1 is 1.05 bits per heavy atom. The van der Waals surface area contributed by atoms with Crippen LogP contribution in [0.15, 0.2) is 36.4 Å². The van der Waals surface area contributed by atoms with E-state index in [0.717, 1.165) is 0 Å². The van der Waals surface area contributed by atoms with Gasteiger partial charge < -0.3 is 0 Å². The fourth-order valence-electron chi connectivity index (χ4n) is 1.65. The average molecular weight is 318 g/mol. The first-order chi connectivity index (χ1) is 8.99. The molecule has 5 heteroatoms. The van der Waals surface area contributed by atoms with Crippen molar-refractivity contribution in [3.05, 3.63) is 68.4 Å². The van der Waals surface area contributed by atoms with Gasteiger partial charge in [0.25, 0.3) is 0 Å². The molecule has 0 saturated heterocycles. The van der Waals surface area contributed by atoms with Crippen LogP contribution < -0.4 is 0 Å². The van der Waals surface area contributed by atoms with E-state index in [4.69, 9.17) is 34.8 Å². The van der Waals surface area contributed by atoms with E-state index < -0.39 is 5.82 Å². The molecule has 2 aromatic carbocycles. The molecule has 0 heterocycles. The largest absolute Gasteiger partial charge is 0.294 e. The van der Waals surface area contributed by atoms with Crippen LogP contribution in [0.5, 0.6) is 0 Å². The highest BCUT2D eigenvalue weighted by atomic mass is 35.5. The average Bonchev–Trinajstić information content (AvgIpc) is 2.36. The third-order valence-corrected chi connectivity index (χ3v) is 3.50. The molecule has 0 bridgehead atoms. The quantitative estimate of drug-likeness (QED) is 0.710. The van der Waals surface area contributed by atoms with Crippen molar-refractivity contribution in [2.45, 2.75) is 6.42 Å². The molecule has 0 N–H and O–H groups in total. The number of carbonyl (C=O) groups excluding carboxylic acids is 1. The van der Waals surface area contributed by atoms with E-state index in [1.54, 1.807) is 18.2 Å².